The SMILES string of the molecule is CC1CN(S(=O)(=O)CC(=O)O)CC(C)N1. The summed E-state index contributed by atoms with van der Waals surface area (Å²) in [7, 11) is -3.65. The van der Waals surface area contributed by atoms with Gasteiger partial charge in [0.2, 0.25) is 10.0 Å². The highest BCUT2D eigenvalue weighted by Gasteiger charge is 2.31. The van der Waals surface area contributed by atoms with Crippen LogP contribution in [-0.4, -0.2) is 54.7 Å². The fraction of sp³-hybridized carbons (Fsp3) is 0.875. The second-order valence-electron chi connectivity index (χ2n) is 3.94. The average Bonchev–Trinajstić information content (AvgIpc) is 1.99. The van der Waals surface area contributed by atoms with E-state index in [0.29, 0.717) is 13.1 Å². The van der Waals surface area contributed by atoms with E-state index in [1.165, 1.54) is 4.31 Å². The number of carbonyl (C=O) groups is 1. The number of sulfonamides is 1. The van der Waals surface area contributed by atoms with Crippen molar-refractivity contribution in [2.75, 3.05) is 18.8 Å². The van der Waals surface area contributed by atoms with Gasteiger partial charge in [-0.1, -0.05) is 0 Å². The Morgan fingerprint density at radius 2 is 1.87 bits per heavy atom. The lowest BCUT2D eigenvalue weighted by Crippen LogP contribution is -2.56. The first-order chi connectivity index (χ1) is 6.81. The van der Waals surface area contributed by atoms with E-state index in [0.717, 1.165) is 0 Å². The molecule has 0 saturated carbocycles. The Morgan fingerprint density at radius 1 is 1.40 bits per heavy atom. The molecule has 0 aromatic rings. The molecule has 2 unspecified atom stereocenters. The standard InChI is InChI=1S/C8H16N2O4S/c1-6-3-10(4-7(2)9-6)15(13,14)5-8(11)12/h6-7,9H,3-5H2,1-2H3,(H,11,12). The van der Waals surface area contributed by atoms with Crippen molar-refractivity contribution < 1.29 is 18.3 Å². The van der Waals surface area contributed by atoms with Gasteiger partial charge in [0, 0.05) is 25.2 Å². The molecular formula is C8H16N2O4S. The number of nitrogens with one attached hydrogen (secondary N) is 1. The predicted molar refractivity (Wildman–Crippen MR) is 55.1 cm³/mol. The van der Waals surface area contributed by atoms with E-state index in [-0.39, 0.29) is 12.1 Å². The van der Waals surface area contributed by atoms with Crippen LogP contribution in [0, 0.1) is 0 Å². The largest absolute Gasteiger partial charge is 0.480 e. The van der Waals surface area contributed by atoms with Crippen LogP contribution >= 0.6 is 0 Å². The molecule has 1 saturated heterocycles. The molecule has 1 heterocycles. The van der Waals surface area contributed by atoms with Crippen LogP contribution in [0.25, 0.3) is 0 Å². The van der Waals surface area contributed by atoms with Crippen molar-refractivity contribution in [1.82, 2.24) is 9.62 Å². The molecule has 1 aliphatic rings. The number of hydrogen-bond acceptors (Lipinski definition) is 4. The highest BCUT2D eigenvalue weighted by atomic mass is 32.2. The molecule has 2 N–H and O–H groups in total. The third-order valence-electron chi connectivity index (χ3n) is 2.22. The maximum Gasteiger partial charge on any atom is 0.320 e. The van der Waals surface area contributed by atoms with Crippen molar-refractivity contribution >= 4 is 16.0 Å². The molecule has 0 amide bonds. The highest BCUT2D eigenvalue weighted by Crippen LogP contribution is 2.09. The molecule has 0 bridgehead atoms. The van der Waals surface area contributed by atoms with E-state index < -0.39 is 21.7 Å². The molecule has 0 radical (unpaired) electrons. The van der Waals surface area contributed by atoms with Gasteiger partial charge in [0.05, 0.1) is 0 Å². The minimum absolute atomic E-state index is 0.0531. The molecule has 0 aliphatic carbocycles. The minimum atomic E-state index is -3.65. The zero-order valence-electron chi connectivity index (χ0n) is 8.80. The smallest absolute Gasteiger partial charge is 0.320 e. The zero-order valence-corrected chi connectivity index (χ0v) is 9.62. The van der Waals surface area contributed by atoms with E-state index in [2.05, 4.69) is 5.32 Å². The van der Waals surface area contributed by atoms with Crippen LogP contribution in [0.2, 0.25) is 0 Å². The van der Waals surface area contributed by atoms with Gasteiger partial charge in [0.15, 0.2) is 5.75 Å². The normalized spacial score (nSPS) is 28.9. The van der Waals surface area contributed by atoms with Gasteiger partial charge in [-0.2, -0.15) is 4.31 Å². The Kier molecular flexibility index (Phi) is 3.69. The molecule has 2 atom stereocenters. The van der Waals surface area contributed by atoms with Gasteiger partial charge >= 0.3 is 5.97 Å². The van der Waals surface area contributed by atoms with Gasteiger partial charge in [-0.05, 0) is 13.8 Å². The van der Waals surface area contributed by atoms with Gasteiger partial charge in [-0.3, -0.25) is 4.79 Å². The first-order valence-electron chi connectivity index (χ1n) is 4.77. The van der Waals surface area contributed by atoms with Crippen LogP contribution in [0.5, 0.6) is 0 Å². The van der Waals surface area contributed by atoms with E-state index in [1.807, 2.05) is 13.8 Å². The monoisotopic (exact) mass is 236 g/mol. The summed E-state index contributed by atoms with van der Waals surface area (Å²) >= 11 is 0. The zero-order chi connectivity index (χ0) is 11.6. The maximum absolute atomic E-state index is 11.6. The van der Waals surface area contributed by atoms with Gasteiger partial charge in [-0.25, -0.2) is 8.42 Å². The van der Waals surface area contributed by atoms with Gasteiger partial charge in [0.1, 0.15) is 0 Å². The quantitative estimate of drug-likeness (QED) is 0.662. The van der Waals surface area contributed by atoms with Crippen LogP contribution in [-0.2, 0) is 14.8 Å². The number of nitrogens with zero attached hydrogens (tertiary/aromatic N) is 1. The number of carboxylic acids is 1. The Morgan fingerprint density at radius 3 is 2.27 bits per heavy atom. The first kappa shape index (κ1) is 12.4. The summed E-state index contributed by atoms with van der Waals surface area (Å²) in [5.74, 6) is -2.14. The summed E-state index contributed by atoms with van der Waals surface area (Å²) in [6.45, 7) is 4.41. The molecule has 6 nitrogen and oxygen atoms in total. The van der Waals surface area contributed by atoms with E-state index in [9.17, 15) is 13.2 Å². The fourth-order valence-corrected chi connectivity index (χ4v) is 3.15. The summed E-state index contributed by atoms with van der Waals surface area (Å²) in [5.41, 5.74) is 0. The van der Waals surface area contributed by atoms with Crippen molar-refractivity contribution in [1.29, 1.82) is 0 Å². The first-order valence-corrected chi connectivity index (χ1v) is 6.38. The summed E-state index contributed by atoms with van der Waals surface area (Å²) in [5, 5.41) is 11.7. The Bertz CT molecular complexity index is 331. The topological polar surface area (TPSA) is 86.7 Å². The lowest BCUT2D eigenvalue weighted by atomic mass is 10.2. The summed E-state index contributed by atoms with van der Waals surface area (Å²) in [6.07, 6.45) is 0. The lowest BCUT2D eigenvalue weighted by molar-refractivity contribution is -0.134. The summed E-state index contributed by atoms with van der Waals surface area (Å²) in [6, 6.07) is 0.106. The third-order valence-corrected chi connectivity index (χ3v) is 3.92. The summed E-state index contributed by atoms with van der Waals surface area (Å²) < 4.78 is 24.5. The van der Waals surface area contributed by atoms with Crippen LogP contribution in [0.4, 0.5) is 0 Å². The number of rotatable bonds is 3. The van der Waals surface area contributed by atoms with Gasteiger partial charge < -0.3 is 10.4 Å². The maximum atomic E-state index is 11.6. The summed E-state index contributed by atoms with van der Waals surface area (Å²) in [4.78, 5) is 10.4. The Balaban J connectivity index is 2.74. The lowest BCUT2D eigenvalue weighted by Gasteiger charge is -2.34. The van der Waals surface area contributed by atoms with E-state index in [4.69, 9.17) is 5.11 Å². The molecule has 1 aliphatic heterocycles. The Labute approximate surface area is 89.3 Å². The molecule has 1 rings (SSSR count). The molecule has 0 aromatic heterocycles. The van der Waals surface area contributed by atoms with Gasteiger partial charge in [-0.15, -0.1) is 0 Å². The number of hydrogen-bond donors (Lipinski definition) is 2. The van der Waals surface area contributed by atoms with Crippen LogP contribution < -0.4 is 5.32 Å². The number of aliphatic carboxylic acids is 1. The van der Waals surface area contributed by atoms with Crippen molar-refractivity contribution in [2.24, 2.45) is 0 Å². The second kappa shape index (κ2) is 4.46. The molecule has 88 valence electrons. The van der Waals surface area contributed by atoms with Crippen molar-refractivity contribution in [2.45, 2.75) is 25.9 Å². The molecule has 7 heteroatoms. The van der Waals surface area contributed by atoms with Crippen LogP contribution in [0.3, 0.4) is 0 Å². The third kappa shape index (κ3) is 3.44. The highest BCUT2D eigenvalue weighted by molar-refractivity contribution is 7.89. The van der Waals surface area contributed by atoms with E-state index in [1.54, 1.807) is 0 Å². The fourth-order valence-electron chi connectivity index (χ4n) is 1.75. The van der Waals surface area contributed by atoms with Gasteiger partial charge in [0.25, 0.3) is 0 Å². The van der Waals surface area contributed by atoms with Crippen LogP contribution in [0.1, 0.15) is 13.8 Å². The molecular weight excluding hydrogens is 220 g/mol. The minimum Gasteiger partial charge on any atom is -0.480 e. The van der Waals surface area contributed by atoms with E-state index >= 15 is 0 Å². The number of piperazine rings is 1. The molecule has 1 fully saturated rings. The Hall–Kier alpha value is -0.660. The molecule has 15 heavy (non-hydrogen) atoms. The van der Waals surface area contributed by atoms with Crippen molar-refractivity contribution in [3.8, 4) is 0 Å². The predicted octanol–water partition coefficient (Wildman–Crippen LogP) is -0.917. The van der Waals surface area contributed by atoms with Crippen molar-refractivity contribution in [3.05, 3.63) is 0 Å². The number of carboxylic acid groups (broad SMARTS) is 1. The molecule has 0 aromatic carbocycles. The second-order valence-corrected chi connectivity index (χ2v) is 5.90. The molecule has 0 spiro atoms. The van der Waals surface area contributed by atoms with Crippen LogP contribution in [0.15, 0.2) is 0 Å². The van der Waals surface area contributed by atoms with Crippen molar-refractivity contribution in [3.63, 3.8) is 0 Å². The average molecular weight is 236 g/mol.